The van der Waals surface area contributed by atoms with Crippen LogP contribution in [0.25, 0.3) is 5.82 Å². The lowest BCUT2D eigenvalue weighted by atomic mass is 10.3. The second-order valence-electron chi connectivity index (χ2n) is 3.60. The molecule has 0 spiro atoms. The highest BCUT2D eigenvalue weighted by molar-refractivity contribution is 5.37. The molecule has 0 radical (unpaired) electrons. The summed E-state index contributed by atoms with van der Waals surface area (Å²) in [5, 5.41) is 0. The van der Waals surface area contributed by atoms with Crippen LogP contribution >= 0.6 is 0 Å². The van der Waals surface area contributed by atoms with Gasteiger partial charge in [-0.05, 0) is 44.5 Å². The first-order chi connectivity index (χ1) is 6.70. The van der Waals surface area contributed by atoms with Crippen molar-refractivity contribution >= 4 is 0 Å². The summed E-state index contributed by atoms with van der Waals surface area (Å²) in [6, 6.07) is 8.28. The molecule has 14 heavy (non-hydrogen) atoms. The van der Waals surface area contributed by atoms with Gasteiger partial charge in [0, 0.05) is 17.6 Å². The number of hydrogen-bond donors (Lipinski definition) is 0. The van der Waals surface area contributed by atoms with Gasteiger partial charge in [-0.3, -0.25) is 0 Å². The maximum absolute atomic E-state index is 4.41. The molecule has 2 heteroatoms. The Balaban J connectivity index is 2.66. The van der Waals surface area contributed by atoms with Gasteiger partial charge in [-0.15, -0.1) is 0 Å². The zero-order valence-corrected chi connectivity index (χ0v) is 8.78. The first kappa shape index (κ1) is 9.00. The number of hydrogen-bond acceptors (Lipinski definition) is 1. The Hall–Kier alpha value is -1.57. The molecular formula is C12H14N2. The first-order valence-corrected chi connectivity index (χ1v) is 4.77. The Bertz CT molecular complexity index is 436. The first-order valence-electron chi connectivity index (χ1n) is 4.77. The van der Waals surface area contributed by atoms with Gasteiger partial charge < -0.3 is 4.57 Å². The van der Waals surface area contributed by atoms with Gasteiger partial charge in [-0.25, -0.2) is 4.98 Å². The summed E-state index contributed by atoms with van der Waals surface area (Å²) >= 11 is 0. The van der Waals surface area contributed by atoms with Gasteiger partial charge in [-0.1, -0.05) is 6.07 Å². The molecule has 0 saturated carbocycles. The SMILES string of the molecule is Cc1cccnc1-n1c(C)ccc1C. The van der Waals surface area contributed by atoms with Crippen molar-refractivity contribution in [2.45, 2.75) is 20.8 Å². The maximum Gasteiger partial charge on any atom is 0.139 e. The summed E-state index contributed by atoms with van der Waals surface area (Å²) in [5.74, 6) is 1.03. The van der Waals surface area contributed by atoms with E-state index in [1.165, 1.54) is 17.0 Å². The average molecular weight is 186 g/mol. The van der Waals surface area contributed by atoms with E-state index in [0.29, 0.717) is 0 Å². The predicted octanol–water partition coefficient (Wildman–Crippen LogP) is 2.80. The molecule has 72 valence electrons. The van der Waals surface area contributed by atoms with Crippen molar-refractivity contribution in [1.82, 2.24) is 9.55 Å². The Morgan fingerprint density at radius 3 is 2.21 bits per heavy atom. The van der Waals surface area contributed by atoms with E-state index in [1.807, 2.05) is 12.3 Å². The third-order valence-corrected chi connectivity index (χ3v) is 2.46. The van der Waals surface area contributed by atoms with E-state index < -0.39 is 0 Å². The van der Waals surface area contributed by atoms with Crippen LogP contribution in [-0.2, 0) is 0 Å². The molecule has 2 aromatic heterocycles. The quantitative estimate of drug-likeness (QED) is 0.669. The Morgan fingerprint density at radius 2 is 1.64 bits per heavy atom. The van der Waals surface area contributed by atoms with Gasteiger partial charge in [0.05, 0.1) is 0 Å². The highest BCUT2D eigenvalue weighted by Gasteiger charge is 2.06. The molecule has 2 rings (SSSR count). The van der Waals surface area contributed by atoms with Crippen LogP contribution in [-0.4, -0.2) is 9.55 Å². The number of nitrogens with zero attached hydrogens (tertiary/aromatic N) is 2. The number of rotatable bonds is 1. The summed E-state index contributed by atoms with van der Waals surface area (Å²) in [6.07, 6.45) is 1.83. The van der Waals surface area contributed by atoms with E-state index in [1.54, 1.807) is 0 Å². The molecule has 0 aliphatic carbocycles. The highest BCUT2D eigenvalue weighted by atomic mass is 15.1. The molecule has 0 aliphatic heterocycles. The van der Waals surface area contributed by atoms with Crippen molar-refractivity contribution in [3.8, 4) is 5.82 Å². The molecule has 2 heterocycles. The van der Waals surface area contributed by atoms with Gasteiger partial charge in [0.15, 0.2) is 0 Å². The molecule has 2 nitrogen and oxygen atoms in total. The Morgan fingerprint density at radius 1 is 1.00 bits per heavy atom. The van der Waals surface area contributed by atoms with E-state index in [4.69, 9.17) is 0 Å². The lowest BCUT2D eigenvalue weighted by Crippen LogP contribution is -2.03. The second-order valence-corrected chi connectivity index (χ2v) is 3.60. The molecule has 0 aromatic carbocycles. The van der Waals surface area contributed by atoms with Crippen LogP contribution < -0.4 is 0 Å². The van der Waals surface area contributed by atoms with Gasteiger partial charge in [0.2, 0.25) is 0 Å². The van der Waals surface area contributed by atoms with Gasteiger partial charge in [0.1, 0.15) is 5.82 Å². The minimum atomic E-state index is 1.03. The molecule has 0 bridgehead atoms. The lowest BCUT2D eigenvalue weighted by molar-refractivity contribution is 0.910. The van der Waals surface area contributed by atoms with Crippen LogP contribution in [0.3, 0.4) is 0 Å². The summed E-state index contributed by atoms with van der Waals surface area (Å²) in [5.41, 5.74) is 3.66. The molecule has 0 saturated heterocycles. The Labute approximate surface area is 84.2 Å². The smallest absolute Gasteiger partial charge is 0.139 e. The van der Waals surface area contributed by atoms with Gasteiger partial charge in [0.25, 0.3) is 0 Å². The van der Waals surface area contributed by atoms with Crippen LogP contribution in [0.2, 0.25) is 0 Å². The maximum atomic E-state index is 4.41. The number of pyridine rings is 1. The van der Waals surface area contributed by atoms with Crippen LogP contribution in [0.5, 0.6) is 0 Å². The molecule has 0 unspecified atom stereocenters. The predicted molar refractivity (Wildman–Crippen MR) is 57.8 cm³/mol. The van der Waals surface area contributed by atoms with Crippen LogP contribution in [0.4, 0.5) is 0 Å². The highest BCUT2D eigenvalue weighted by Crippen LogP contribution is 2.16. The fourth-order valence-corrected chi connectivity index (χ4v) is 1.71. The van der Waals surface area contributed by atoms with Gasteiger partial charge >= 0.3 is 0 Å². The molecule has 2 aromatic rings. The van der Waals surface area contributed by atoms with E-state index in [0.717, 1.165) is 5.82 Å². The van der Waals surface area contributed by atoms with E-state index in [-0.39, 0.29) is 0 Å². The van der Waals surface area contributed by atoms with Crippen LogP contribution in [0.1, 0.15) is 17.0 Å². The van der Waals surface area contributed by atoms with Crippen molar-refractivity contribution in [2.24, 2.45) is 0 Å². The number of aromatic nitrogens is 2. The summed E-state index contributed by atoms with van der Waals surface area (Å²) < 4.78 is 2.18. The lowest BCUT2D eigenvalue weighted by Gasteiger charge is -2.10. The molecule has 0 amide bonds. The minimum absolute atomic E-state index is 1.03. The normalized spacial score (nSPS) is 10.5. The Kier molecular flexibility index (Phi) is 2.12. The molecular weight excluding hydrogens is 172 g/mol. The summed E-state index contributed by atoms with van der Waals surface area (Å²) in [4.78, 5) is 4.41. The van der Waals surface area contributed by atoms with Crippen LogP contribution in [0.15, 0.2) is 30.5 Å². The van der Waals surface area contributed by atoms with Crippen molar-refractivity contribution < 1.29 is 0 Å². The standard InChI is InChI=1S/C12H14N2/c1-9-5-4-8-13-12(9)14-10(2)6-7-11(14)3/h4-8H,1-3H3. The largest absolute Gasteiger partial charge is 0.303 e. The third-order valence-electron chi connectivity index (χ3n) is 2.46. The van der Waals surface area contributed by atoms with E-state index >= 15 is 0 Å². The second kappa shape index (κ2) is 3.29. The average Bonchev–Trinajstić information content (AvgIpc) is 2.48. The van der Waals surface area contributed by atoms with Crippen molar-refractivity contribution in [1.29, 1.82) is 0 Å². The van der Waals surface area contributed by atoms with Crippen molar-refractivity contribution in [3.63, 3.8) is 0 Å². The van der Waals surface area contributed by atoms with Crippen molar-refractivity contribution in [2.75, 3.05) is 0 Å². The van der Waals surface area contributed by atoms with Crippen LogP contribution in [0, 0.1) is 20.8 Å². The fourth-order valence-electron chi connectivity index (χ4n) is 1.71. The van der Waals surface area contributed by atoms with E-state index in [2.05, 4.69) is 48.5 Å². The molecule has 0 fully saturated rings. The van der Waals surface area contributed by atoms with Crippen molar-refractivity contribution in [3.05, 3.63) is 47.4 Å². The van der Waals surface area contributed by atoms with Gasteiger partial charge in [-0.2, -0.15) is 0 Å². The molecule has 0 aliphatic rings. The summed E-state index contributed by atoms with van der Waals surface area (Å²) in [6.45, 7) is 6.28. The summed E-state index contributed by atoms with van der Waals surface area (Å²) in [7, 11) is 0. The number of aryl methyl sites for hydroxylation is 3. The van der Waals surface area contributed by atoms with E-state index in [9.17, 15) is 0 Å². The molecule has 0 atom stereocenters. The molecule has 0 N–H and O–H groups in total. The minimum Gasteiger partial charge on any atom is -0.303 e. The monoisotopic (exact) mass is 186 g/mol. The zero-order valence-electron chi connectivity index (χ0n) is 8.78. The fraction of sp³-hybridized carbons (Fsp3) is 0.250. The zero-order chi connectivity index (χ0) is 10.1. The third kappa shape index (κ3) is 1.33. The topological polar surface area (TPSA) is 17.8 Å².